The fourth-order valence-electron chi connectivity index (χ4n) is 2.49. The molecule has 1 unspecified atom stereocenters. The van der Waals surface area contributed by atoms with Crippen molar-refractivity contribution in [1.82, 2.24) is 0 Å². The molecule has 0 bridgehead atoms. The van der Waals surface area contributed by atoms with E-state index < -0.39 is 8.07 Å². The Labute approximate surface area is 118 Å². The van der Waals surface area contributed by atoms with Gasteiger partial charge in [-0.3, -0.25) is 0 Å². The number of rotatable bonds is 5. The Morgan fingerprint density at radius 2 is 1.79 bits per heavy atom. The second-order valence-corrected chi connectivity index (χ2v) is 12.2. The van der Waals surface area contributed by atoms with Crippen molar-refractivity contribution in [2.75, 3.05) is 0 Å². The van der Waals surface area contributed by atoms with Gasteiger partial charge in [0.25, 0.3) is 0 Å². The van der Waals surface area contributed by atoms with E-state index in [-0.39, 0.29) is 0 Å². The summed E-state index contributed by atoms with van der Waals surface area (Å²) in [6.45, 7) is 7.99. The van der Waals surface area contributed by atoms with Gasteiger partial charge in [-0.05, 0) is 30.9 Å². The summed E-state index contributed by atoms with van der Waals surface area (Å²) in [5.41, 5.74) is 2.76. The van der Waals surface area contributed by atoms with E-state index in [1.165, 1.54) is 36.4 Å². The molecule has 0 N–H and O–H groups in total. The van der Waals surface area contributed by atoms with Gasteiger partial charge < -0.3 is 4.74 Å². The average Bonchev–Trinajstić information content (AvgIpc) is 2.37. The highest BCUT2D eigenvalue weighted by molar-refractivity contribution is 6.75. The highest BCUT2D eigenvalue weighted by atomic mass is 28.3. The fraction of sp³-hybridized carbons (Fsp3) is 0.529. The largest absolute Gasteiger partial charge is 0.369 e. The molecule has 1 nitrogen and oxygen atoms in total. The molecule has 1 aromatic rings. The molecule has 0 fully saturated rings. The van der Waals surface area contributed by atoms with Crippen molar-refractivity contribution < 1.29 is 4.74 Å². The number of benzene rings is 1. The van der Waals surface area contributed by atoms with Crippen LogP contribution in [0.4, 0.5) is 0 Å². The molecule has 1 aromatic carbocycles. The Morgan fingerprint density at radius 3 is 2.37 bits per heavy atom. The standard InChI is InChI=1S/C17H26OSi/c1-19(2,3)14-16-11-9-15(10-12-16)13-18-17-7-5-4-6-8-17/h5,7,9-12,17H,4,6,8,13-14H2,1-3H3. The lowest BCUT2D eigenvalue weighted by Gasteiger charge is -2.18. The van der Waals surface area contributed by atoms with Crippen LogP contribution in [-0.4, -0.2) is 14.2 Å². The van der Waals surface area contributed by atoms with Crippen LogP contribution in [0, 0.1) is 0 Å². The van der Waals surface area contributed by atoms with Crippen molar-refractivity contribution in [3.05, 3.63) is 47.5 Å². The lowest BCUT2D eigenvalue weighted by Crippen LogP contribution is -2.23. The Bertz CT molecular complexity index is 414. The Kier molecular flexibility index (Phi) is 5.00. The molecular weight excluding hydrogens is 248 g/mol. The van der Waals surface area contributed by atoms with E-state index in [1.807, 2.05) is 0 Å². The van der Waals surface area contributed by atoms with E-state index in [1.54, 1.807) is 0 Å². The maximum atomic E-state index is 5.93. The summed E-state index contributed by atoms with van der Waals surface area (Å²) >= 11 is 0. The van der Waals surface area contributed by atoms with E-state index in [9.17, 15) is 0 Å². The minimum atomic E-state index is -1.00. The van der Waals surface area contributed by atoms with E-state index in [2.05, 4.69) is 56.1 Å². The number of ether oxygens (including phenoxy) is 1. The summed E-state index contributed by atoms with van der Waals surface area (Å²) in [6, 6.07) is 10.3. The van der Waals surface area contributed by atoms with E-state index in [0.717, 1.165) is 6.61 Å². The predicted molar refractivity (Wildman–Crippen MR) is 85.1 cm³/mol. The van der Waals surface area contributed by atoms with Gasteiger partial charge in [0.2, 0.25) is 0 Å². The van der Waals surface area contributed by atoms with Crippen molar-refractivity contribution >= 4 is 8.07 Å². The molecule has 2 heteroatoms. The second kappa shape index (κ2) is 6.53. The third kappa shape index (κ3) is 5.33. The first-order valence-electron chi connectivity index (χ1n) is 7.39. The quantitative estimate of drug-likeness (QED) is 0.557. The van der Waals surface area contributed by atoms with Crippen molar-refractivity contribution in [3.8, 4) is 0 Å². The molecule has 0 spiro atoms. The van der Waals surface area contributed by atoms with Crippen LogP contribution in [0.1, 0.15) is 30.4 Å². The number of allylic oxidation sites excluding steroid dienone is 1. The maximum absolute atomic E-state index is 5.93. The molecule has 19 heavy (non-hydrogen) atoms. The van der Waals surface area contributed by atoms with Gasteiger partial charge in [-0.25, -0.2) is 0 Å². The molecule has 1 atom stereocenters. The highest BCUT2D eigenvalue weighted by Gasteiger charge is 2.13. The summed E-state index contributed by atoms with van der Waals surface area (Å²) in [6.07, 6.45) is 8.43. The minimum absolute atomic E-state index is 0.329. The van der Waals surface area contributed by atoms with Gasteiger partial charge in [0.1, 0.15) is 0 Å². The number of hydrogen-bond donors (Lipinski definition) is 0. The van der Waals surface area contributed by atoms with Crippen LogP contribution in [0.15, 0.2) is 36.4 Å². The minimum Gasteiger partial charge on any atom is -0.369 e. The molecule has 0 aromatic heterocycles. The topological polar surface area (TPSA) is 9.23 Å². The molecule has 2 rings (SSSR count). The molecule has 0 heterocycles. The molecule has 0 saturated carbocycles. The smallest absolute Gasteiger partial charge is 0.0760 e. The summed E-state index contributed by atoms with van der Waals surface area (Å²) in [4.78, 5) is 0. The molecule has 0 saturated heterocycles. The zero-order chi connectivity index (χ0) is 13.7. The first-order valence-corrected chi connectivity index (χ1v) is 11.1. The highest BCUT2D eigenvalue weighted by Crippen LogP contribution is 2.17. The van der Waals surface area contributed by atoms with Gasteiger partial charge in [-0.2, -0.15) is 0 Å². The Balaban J connectivity index is 1.84. The van der Waals surface area contributed by atoms with E-state index in [0.29, 0.717) is 6.10 Å². The zero-order valence-corrected chi connectivity index (χ0v) is 13.5. The molecule has 1 aliphatic rings. The SMILES string of the molecule is C[Si](C)(C)Cc1ccc(COC2C=CCCC2)cc1. The van der Waals surface area contributed by atoms with Crippen molar-refractivity contribution in [1.29, 1.82) is 0 Å². The van der Waals surface area contributed by atoms with Crippen LogP contribution in [0.2, 0.25) is 19.6 Å². The van der Waals surface area contributed by atoms with Crippen LogP contribution in [0.3, 0.4) is 0 Å². The molecule has 104 valence electrons. The lowest BCUT2D eigenvalue weighted by molar-refractivity contribution is 0.0625. The van der Waals surface area contributed by atoms with Crippen LogP contribution in [0.25, 0.3) is 0 Å². The van der Waals surface area contributed by atoms with Crippen molar-refractivity contribution in [2.24, 2.45) is 0 Å². The predicted octanol–water partition coefficient (Wildman–Crippen LogP) is 4.73. The lowest BCUT2D eigenvalue weighted by atomic mass is 10.1. The molecule has 0 aliphatic heterocycles. The van der Waals surface area contributed by atoms with Gasteiger partial charge in [0, 0.05) is 8.07 Å². The van der Waals surface area contributed by atoms with Gasteiger partial charge in [-0.15, -0.1) is 0 Å². The van der Waals surface area contributed by atoms with Gasteiger partial charge in [0.15, 0.2) is 0 Å². The first kappa shape index (κ1) is 14.5. The van der Waals surface area contributed by atoms with Crippen molar-refractivity contribution in [3.63, 3.8) is 0 Å². The zero-order valence-electron chi connectivity index (χ0n) is 12.5. The summed E-state index contributed by atoms with van der Waals surface area (Å²) in [5, 5.41) is 0. The third-order valence-corrected chi connectivity index (χ3v) is 4.90. The Hall–Kier alpha value is -0.863. The van der Waals surface area contributed by atoms with Gasteiger partial charge in [-0.1, -0.05) is 61.6 Å². The normalized spacial score (nSPS) is 19.6. The van der Waals surface area contributed by atoms with Crippen LogP contribution >= 0.6 is 0 Å². The molecule has 1 aliphatic carbocycles. The van der Waals surface area contributed by atoms with Crippen LogP contribution < -0.4 is 0 Å². The van der Waals surface area contributed by atoms with E-state index in [4.69, 9.17) is 4.74 Å². The number of hydrogen-bond acceptors (Lipinski definition) is 1. The summed E-state index contributed by atoms with van der Waals surface area (Å²) in [5.74, 6) is 0. The van der Waals surface area contributed by atoms with Crippen LogP contribution in [-0.2, 0) is 17.4 Å². The fourth-order valence-corrected chi connectivity index (χ4v) is 3.95. The van der Waals surface area contributed by atoms with Crippen molar-refractivity contribution in [2.45, 2.75) is 57.7 Å². The summed E-state index contributed by atoms with van der Waals surface area (Å²) in [7, 11) is -1.00. The van der Waals surface area contributed by atoms with Gasteiger partial charge >= 0.3 is 0 Å². The monoisotopic (exact) mass is 274 g/mol. The maximum Gasteiger partial charge on any atom is 0.0760 e. The summed E-state index contributed by atoms with van der Waals surface area (Å²) < 4.78 is 5.93. The Morgan fingerprint density at radius 1 is 1.11 bits per heavy atom. The third-order valence-electron chi connectivity index (χ3n) is 3.43. The molecule has 0 radical (unpaired) electrons. The molecule has 0 amide bonds. The average molecular weight is 274 g/mol. The van der Waals surface area contributed by atoms with Gasteiger partial charge in [0.05, 0.1) is 12.7 Å². The van der Waals surface area contributed by atoms with E-state index >= 15 is 0 Å². The first-order chi connectivity index (χ1) is 9.03. The second-order valence-electron chi connectivity index (χ2n) is 6.76. The van der Waals surface area contributed by atoms with Crippen LogP contribution in [0.5, 0.6) is 0 Å². The molecular formula is C17H26OSi.